The Morgan fingerprint density at radius 3 is 2.58 bits per heavy atom. The smallest absolute Gasteiger partial charge is 0.265 e. The lowest BCUT2D eigenvalue weighted by molar-refractivity contribution is 0.597. The molecule has 19 heavy (non-hydrogen) atoms. The number of rotatable bonds is 3. The minimum absolute atomic E-state index is 0.156. The molecule has 1 aromatic carbocycles. The lowest BCUT2D eigenvalue weighted by Gasteiger charge is -2.10. The fourth-order valence-electron chi connectivity index (χ4n) is 1.54. The van der Waals surface area contributed by atoms with Gasteiger partial charge in [-0.1, -0.05) is 12.1 Å². The van der Waals surface area contributed by atoms with Gasteiger partial charge in [0.25, 0.3) is 10.0 Å². The number of aryl methyl sites for hydroxylation is 1. The first-order valence-electron chi connectivity index (χ1n) is 5.40. The first kappa shape index (κ1) is 13.3. The van der Waals surface area contributed by atoms with E-state index in [1.54, 1.807) is 19.1 Å². The second-order valence-electron chi connectivity index (χ2n) is 3.92. The average molecular weight is 281 g/mol. The molecule has 2 aromatic rings. The van der Waals surface area contributed by atoms with Crippen LogP contribution in [-0.4, -0.2) is 13.4 Å². The van der Waals surface area contributed by atoms with Gasteiger partial charge in [-0.25, -0.2) is 17.8 Å². The van der Waals surface area contributed by atoms with Crippen LogP contribution in [0.2, 0.25) is 0 Å². The third-order valence-corrected chi connectivity index (χ3v) is 3.84. The van der Waals surface area contributed by atoms with Gasteiger partial charge in [-0.2, -0.15) is 0 Å². The van der Waals surface area contributed by atoms with Crippen molar-refractivity contribution in [3.63, 3.8) is 0 Å². The standard InChI is InChI=1S/C12H12FN3O2S/c1-8-4-2-7-11(15-8)16-19(17,18)10-6-3-5-9(13)12(10)14/h2-7H,14H2,1H3,(H,15,16). The van der Waals surface area contributed by atoms with Gasteiger partial charge < -0.3 is 5.73 Å². The van der Waals surface area contributed by atoms with Crippen LogP contribution in [0.3, 0.4) is 0 Å². The van der Waals surface area contributed by atoms with Gasteiger partial charge in [0.05, 0.1) is 5.69 Å². The highest BCUT2D eigenvalue weighted by Crippen LogP contribution is 2.23. The maximum Gasteiger partial charge on any atom is 0.265 e. The molecule has 0 bridgehead atoms. The minimum Gasteiger partial charge on any atom is -0.395 e. The summed E-state index contributed by atoms with van der Waals surface area (Å²) in [6.07, 6.45) is 0. The Balaban J connectivity index is 2.41. The van der Waals surface area contributed by atoms with Gasteiger partial charge in [0.15, 0.2) is 0 Å². The molecular weight excluding hydrogens is 269 g/mol. The van der Waals surface area contributed by atoms with Crippen LogP contribution in [0, 0.1) is 12.7 Å². The lowest BCUT2D eigenvalue weighted by atomic mass is 10.3. The van der Waals surface area contributed by atoms with Gasteiger partial charge in [0.2, 0.25) is 0 Å². The highest BCUT2D eigenvalue weighted by Gasteiger charge is 2.19. The van der Waals surface area contributed by atoms with Gasteiger partial charge in [0, 0.05) is 5.69 Å². The molecule has 0 radical (unpaired) electrons. The number of halogens is 1. The first-order chi connectivity index (χ1) is 8.90. The van der Waals surface area contributed by atoms with Crippen molar-refractivity contribution in [3.8, 4) is 0 Å². The molecule has 5 nitrogen and oxygen atoms in total. The largest absolute Gasteiger partial charge is 0.395 e. The fraction of sp³-hybridized carbons (Fsp3) is 0.0833. The number of nitrogens with zero attached hydrogens (tertiary/aromatic N) is 1. The summed E-state index contributed by atoms with van der Waals surface area (Å²) < 4.78 is 39.7. The van der Waals surface area contributed by atoms with Crippen LogP contribution in [0.1, 0.15) is 5.69 Å². The van der Waals surface area contributed by atoms with Crippen molar-refractivity contribution in [2.45, 2.75) is 11.8 Å². The Labute approximate surface area is 110 Å². The van der Waals surface area contributed by atoms with Crippen molar-refractivity contribution in [2.24, 2.45) is 0 Å². The van der Waals surface area contributed by atoms with Crippen molar-refractivity contribution >= 4 is 21.5 Å². The summed E-state index contributed by atoms with van der Waals surface area (Å²) in [5.41, 5.74) is 5.68. The predicted molar refractivity (Wildman–Crippen MR) is 70.6 cm³/mol. The van der Waals surface area contributed by atoms with Gasteiger partial charge in [0.1, 0.15) is 16.5 Å². The summed E-state index contributed by atoms with van der Waals surface area (Å²) in [6, 6.07) is 8.50. The Bertz CT molecular complexity index is 717. The summed E-state index contributed by atoms with van der Waals surface area (Å²) >= 11 is 0. The molecule has 0 saturated carbocycles. The van der Waals surface area contributed by atoms with Crippen molar-refractivity contribution < 1.29 is 12.8 Å². The Morgan fingerprint density at radius 2 is 1.89 bits per heavy atom. The van der Waals surface area contributed by atoms with E-state index < -0.39 is 21.5 Å². The molecule has 7 heteroatoms. The molecule has 0 saturated heterocycles. The van der Waals surface area contributed by atoms with Crippen molar-refractivity contribution in [1.29, 1.82) is 0 Å². The van der Waals surface area contributed by atoms with Crippen molar-refractivity contribution in [3.05, 3.63) is 47.9 Å². The number of para-hydroxylation sites is 1. The van der Waals surface area contributed by atoms with Crippen LogP contribution < -0.4 is 10.5 Å². The van der Waals surface area contributed by atoms with Crippen molar-refractivity contribution in [2.75, 3.05) is 10.5 Å². The number of hydrogen-bond donors (Lipinski definition) is 2. The second kappa shape index (κ2) is 4.85. The zero-order chi connectivity index (χ0) is 14.0. The summed E-state index contributed by atoms with van der Waals surface area (Å²) in [4.78, 5) is 3.70. The molecule has 1 aromatic heterocycles. The van der Waals surface area contributed by atoms with E-state index >= 15 is 0 Å². The number of sulfonamides is 1. The third-order valence-electron chi connectivity index (χ3n) is 2.43. The van der Waals surface area contributed by atoms with E-state index in [0.29, 0.717) is 5.69 Å². The average Bonchev–Trinajstić information content (AvgIpc) is 2.32. The predicted octanol–water partition coefficient (Wildman–Crippen LogP) is 1.91. The van der Waals surface area contributed by atoms with E-state index in [4.69, 9.17) is 5.73 Å². The molecule has 0 unspecified atom stereocenters. The van der Waals surface area contributed by atoms with Crippen LogP contribution in [-0.2, 0) is 10.0 Å². The van der Waals surface area contributed by atoms with E-state index in [9.17, 15) is 12.8 Å². The molecular formula is C12H12FN3O2S. The molecule has 2 rings (SSSR count). The van der Waals surface area contributed by atoms with Gasteiger partial charge in [-0.05, 0) is 31.2 Å². The molecule has 3 N–H and O–H groups in total. The van der Waals surface area contributed by atoms with Crippen LogP contribution in [0.5, 0.6) is 0 Å². The number of pyridine rings is 1. The maximum atomic E-state index is 13.3. The van der Waals surface area contributed by atoms with E-state index in [0.717, 1.165) is 6.07 Å². The van der Waals surface area contributed by atoms with Crippen molar-refractivity contribution in [1.82, 2.24) is 4.98 Å². The molecule has 0 aliphatic carbocycles. The summed E-state index contributed by atoms with van der Waals surface area (Å²) in [7, 11) is -3.96. The zero-order valence-corrected chi connectivity index (χ0v) is 10.9. The topological polar surface area (TPSA) is 85.1 Å². The maximum absolute atomic E-state index is 13.3. The number of anilines is 2. The summed E-state index contributed by atoms with van der Waals surface area (Å²) in [6.45, 7) is 1.73. The normalized spacial score (nSPS) is 11.3. The molecule has 0 fully saturated rings. The molecule has 0 spiro atoms. The van der Waals surface area contributed by atoms with E-state index in [2.05, 4.69) is 9.71 Å². The summed E-state index contributed by atoms with van der Waals surface area (Å²) in [5.74, 6) is -0.622. The fourth-order valence-corrected chi connectivity index (χ4v) is 2.69. The van der Waals surface area contributed by atoms with Crippen LogP contribution in [0.25, 0.3) is 0 Å². The number of aromatic nitrogens is 1. The van der Waals surface area contributed by atoms with Gasteiger partial charge >= 0.3 is 0 Å². The number of hydrogen-bond acceptors (Lipinski definition) is 4. The third kappa shape index (κ3) is 2.82. The number of nitrogens with one attached hydrogen (secondary N) is 1. The highest BCUT2D eigenvalue weighted by molar-refractivity contribution is 7.92. The Kier molecular flexibility index (Phi) is 3.39. The minimum atomic E-state index is -3.96. The van der Waals surface area contributed by atoms with Gasteiger partial charge in [-0.3, -0.25) is 4.72 Å². The first-order valence-corrected chi connectivity index (χ1v) is 6.89. The second-order valence-corrected chi connectivity index (χ2v) is 5.57. The van der Waals surface area contributed by atoms with E-state index in [1.165, 1.54) is 18.2 Å². The SMILES string of the molecule is Cc1cccc(NS(=O)(=O)c2cccc(F)c2N)n1. The molecule has 1 heterocycles. The van der Waals surface area contributed by atoms with E-state index in [-0.39, 0.29) is 10.7 Å². The monoisotopic (exact) mass is 281 g/mol. The number of benzene rings is 1. The molecule has 100 valence electrons. The van der Waals surface area contributed by atoms with Crippen LogP contribution in [0.4, 0.5) is 15.9 Å². The highest BCUT2D eigenvalue weighted by atomic mass is 32.2. The number of nitrogens with two attached hydrogens (primary N) is 1. The van der Waals surface area contributed by atoms with Gasteiger partial charge in [-0.15, -0.1) is 0 Å². The lowest BCUT2D eigenvalue weighted by Crippen LogP contribution is -2.16. The van der Waals surface area contributed by atoms with E-state index in [1.807, 2.05) is 0 Å². The quantitative estimate of drug-likeness (QED) is 0.842. The molecule has 0 aliphatic heterocycles. The number of nitrogen functional groups attached to an aromatic ring is 1. The Morgan fingerprint density at radius 1 is 1.21 bits per heavy atom. The summed E-state index contributed by atoms with van der Waals surface area (Å²) in [5, 5.41) is 0. The van der Waals surface area contributed by atoms with Crippen LogP contribution >= 0.6 is 0 Å². The molecule has 0 aliphatic rings. The van der Waals surface area contributed by atoms with Crippen LogP contribution in [0.15, 0.2) is 41.3 Å². The molecule has 0 amide bonds. The Hall–Kier alpha value is -2.15. The molecule has 0 atom stereocenters. The zero-order valence-electron chi connectivity index (χ0n) is 10.1.